The summed E-state index contributed by atoms with van der Waals surface area (Å²) in [5, 5.41) is 17.3. The highest BCUT2D eigenvalue weighted by Gasteiger charge is 1.99. The smallest absolute Gasteiger partial charge is 0.243 e. The van der Waals surface area contributed by atoms with Gasteiger partial charge in [-0.25, -0.2) is 9.13 Å². The summed E-state index contributed by atoms with van der Waals surface area (Å²) in [6.07, 6.45) is 19.2. The maximum Gasteiger partial charge on any atom is 0.243 e. The number of imidazole rings is 1. The Morgan fingerprint density at radius 3 is 1.92 bits per heavy atom. The van der Waals surface area contributed by atoms with Crippen LogP contribution in [0.1, 0.15) is 78.1 Å². The first-order chi connectivity index (χ1) is 11.5. The van der Waals surface area contributed by atoms with E-state index in [1.54, 1.807) is 0 Å². The molecule has 5 nitrogen and oxygen atoms in total. The summed E-state index contributed by atoms with van der Waals surface area (Å²) in [5.41, 5.74) is 0. The Hall–Kier alpha value is -1.36. The molecule has 140 valence electrons. The standard InChI is InChI=1S/C16H31N2.C3H6O3/c1-3-4-5-6-7-8-9-10-11-12-13-18-15-14-17(2)16-18;1-2(4)3(5)6/h14-16H,3-13H2,1-2H3;2,4H,1H3,(H,5,6)/q+1;/p-1. The molecule has 0 amide bonds. The third-order valence-electron chi connectivity index (χ3n) is 3.93. The van der Waals surface area contributed by atoms with E-state index in [1.807, 2.05) is 0 Å². The first-order valence-electron chi connectivity index (χ1n) is 9.37. The van der Waals surface area contributed by atoms with Gasteiger partial charge in [-0.15, -0.1) is 0 Å². The van der Waals surface area contributed by atoms with Crippen LogP contribution in [0.4, 0.5) is 0 Å². The van der Waals surface area contributed by atoms with Gasteiger partial charge >= 0.3 is 0 Å². The quantitative estimate of drug-likeness (QED) is 0.469. The third-order valence-corrected chi connectivity index (χ3v) is 3.93. The van der Waals surface area contributed by atoms with E-state index in [0.29, 0.717) is 0 Å². The van der Waals surface area contributed by atoms with Crippen molar-refractivity contribution in [3.63, 3.8) is 0 Å². The maximum absolute atomic E-state index is 9.34. The summed E-state index contributed by atoms with van der Waals surface area (Å²) in [4.78, 5) is 9.34. The van der Waals surface area contributed by atoms with Crippen LogP contribution in [0.15, 0.2) is 18.7 Å². The fraction of sp³-hybridized carbons (Fsp3) is 0.789. The van der Waals surface area contributed by atoms with Crippen LogP contribution in [0.3, 0.4) is 0 Å². The van der Waals surface area contributed by atoms with Crippen LogP contribution in [-0.4, -0.2) is 21.7 Å². The van der Waals surface area contributed by atoms with Gasteiger partial charge in [0.05, 0.1) is 25.7 Å². The highest BCUT2D eigenvalue weighted by molar-refractivity contribution is 5.68. The van der Waals surface area contributed by atoms with Gasteiger partial charge in [-0.2, -0.15) is 0 Å². The van der Waals surface area contributed by atoms with Crippen LogP contribution in [0.5, 0.6) is 0 Å². The van der Waals surface area contributed by atoms with Crippen molar-refractivity contribution in [2.24, 2.45) is 7.05 Å². The van der Waals surface area contributed by atoms with E-state index >= 15 is 0 Å². The molecule has 0 aliphatic rings. The number of carbonyl (C=O) groups is 1. The molecule has 5 heteroatoms. The van der Waals surface area contributed by atoms with E-state index in [9.17, 15) is 9.90 Å². The van der Waals surface area contributed by atoms with Crippen molar-refractivity contribution in [1.29, 1.82) is 0 Å². The minimum absolute atomic E-state index is 1.13. The molecule has 0 saturated carbocycles. The molecule has 24 heavy (non-hydrogen) atoms. The lowest BCUT2D eigenvalue weighted by Gasteiger charge is -2.01. The average molecular weight is 341 g/mol. The molecule has 0 radical (unpaired) electrons. The zero-order valence-corrected chi connectivity index (χ0v) is 15.7. The minimum Gasteiger partial charge on any atom is -0.547 e. The summed E-state index contributed by atoms with van der Waals surface area (Å²) in [6, 6.07) is 0. The normalized spacial score (nSPS) is 11.7. The topological polar surface area (TPSA) is 69.2 Å². The Morgan fingerprint density at radius 2 is 1.54 bits per heavy atom. The second-order valence-corrected chi connectivity index (χ2v) is 6.49. The third kappa shape index (κ3) is 14.2. The van der Waals surface area contributed by atoms with Crippen LogP contribution >= 0.6 is 0 Å². The summed E-state index contributed by atoms with van der Waals surface area (Å²) < 4.78 is 4.39. The summed E-state index contributed by atoms with van der Waals surface area (Å²) in [6.45, 7) is 4.59. The lowest BCUT2D eigenvalue weighted by atomic mass is 10.1. The second-order valence-electron chi connectivity index (χ2n) is 6.49. The Bertz CT molecular complexity index is 416. The van der Waals surface area contributed by atoms with Gasteiger partial charge in [-0.05, 0) is 19.8 Å². The largest absolute Gasteiger partial charge is 0.547 e. The number of carboxylic acid groups (broad SMARTS) is 1. The Balaban J connectivity index is 0.000000754. The molecule has 1 aromatic rings. The number of aromatic nitrogens is 2. The van der Waals surface area contributed by atoms with E-state index in [2.05, 4.69) is 41.8 Å². The summed E-state index contributed by atoms with van der Waals surface area (Å²) in [5.74, 6) is -1.44. The molecule has 0 aliphatic carbocycles. The molecule has 1 unspecified atom stereocenters. The van der Waals surface area contributed by atoms with Gasteiger partial charge in [0, 0.05) is 0 Å². The van der Waals surface area contributed by atoms with Gasteiger partial charge in [0.15, 0.2) is 0 Å². The summed E-state index contributed by atoms with van der Waals surface area (Å²) >= 11 is 0. The molecule has 0 spiro atoms. The van der Waals surface area contributed by atoms with E-state index in [-0.39, 0.29) is 0 Å². The number of aliphatic hydroxyl groups is 1. The number of nitrogens with zero attached hydrogens (tertiary/aromatic N) is 2. The molecule has 1 heterocycles. The van der Waals surface area contributed by atoms with Crippen LogP contribution in [0.25, 0.3) is 0 Å². The molecule has 0 fully saturated rings. The number of aliphatic carboxylic acids is 1. The van der Waals surface area contributed by atoms with Crippen molar-refractivity contribution in [3.05, 3.63) is 18.7 Å². The Labute approximate surface area is 147 Å². The Morgan fingerprint density at radius 1 is 1.08 bits per heavy atom. The number of aliphatic hydroxyl groups excluding tert-OH is 1. The first kappa shape index (κ1) is 22.6. The molecule has 1 aromatic heterocycles. The van der Waals surface area contributed by atoms with Crippen LogP contribution in [-0.2, 0) is 18.4 Å². The fourth-order valence-corrected chi connectivity index (χ4v) is 2.42. The zero-order chi connectivity index (χ0) is 18.2. The number of hydrogen-bond acceptors (Lipinski definition) is 3. The van der Waals surface area contributed by atoms with Crippen LogP contribution in [0.2, 0.25) is 0 Å². The number of hydrogen-bond donors (Lipinski definition) is 1. The number of carboxylic acids is 1. The lowest BCUT2D eigenvalue weighted by Crippen LogP contribution is -2.32. The van der Waals surface area contributed by atoms with Gasteiger partial charge in [0.2, 0.25) is 6.33 Å². The predicted octanol–water partition coefficient (Wildman–Crippen LogP) is 2.35. The highest BCUT2D eigenvalue weighted by atomic mass is 16.4. The van der Waals surface area contributed by atoms with Gasteiger partial charge in [-0.3, -0.25) is 0 Å². The van der Waals surface area contributed by atoms with E-state index in [1.165, 1.54) is 70.8 Å². The zero-order valence-electron chi connectivity index (χ0n) is 15.7. The highest BCUT2D eigenvalue weighted by Crippen LogP contribution is 2.10. The van der Waals surface area contributed by atoms with Crippen molar-refractivity contribution in [1.82, 2.24) is 4.57 Å². The molecule has 1 rings (SSSR count). The molecule has 0 saturated heterocycles. The number of rotatable bonds is 12. The van der Waals surface area contributed by atoms with E-state index < -0.39 is 12.1 Å². The van der Waals surface area contributed by atoms with Gasteiger partial charge in [0.25, 0.3) is 0 Å². The van der Waals surface area contributed by atoms with Gasteiger partial charge in [0.1, 0.15) is 12.4 Å². The van der Waals surface area contributed by atoms with Crippen molar-refractivity contribution < 1.29 is 19.6 Å². The lowest BCUT2D eigenvalue weighted by molar-refractivity contribution is -0.671. The molecule has 1 N–H and O–H groups in total. The maximum atomic E-state index is 9.34. The molecule has 1 atom stereocenters. The first-order valence-corrected chi connectivity index (χ1v) is 9.37. The second kappa shape index (κ2) is 15.2. The monoisotopic (exact) mass is 340 g/mol. The predicted molar refractivity (Wildman–Crippen MR) is 94.1 cm³/mol. The minimum atomic E-state index is -1.44. The molecule has 0 aliphatic heterocycles. The van der Waals surface area contributed by atoms with Crippen molar-refractivity contribution in [3.8, 4) is 0 Å². The van der Waals surface area contributed by atoms with E-state index in [0.717, 1.165) is 6.92 Å². The molecule has 0 aromatic carbocycles. The summed E-state index contributed by atoms with van der Waals surface area (Å²) in [7, 11) is 2.08. The molecular weight excluding hydrogens is 304 g/mol. The van der Waals surface area contributed by atoms with Gasteiger partial charge < -0.3 is 15.0 Å². The Kier molecular flexibility index (Phi) is 14.3. The number of aryl methyl sites for hydroxylation is 2. The van der Waals surface area contributed by atoms with E-state index in [4.69, 9.17) is 5.11 Å². The van der Waals surface area contributed by atoms with Gasteiger partial charge in [-0.1, -0.05) is 58.3 Å². The number of carbonyl (C=O) groups excluding carboxylic acids is 1. The molecular formula is C19H36N2O3. The van der Waals surface area contributed by atoms with Crippen molar-refractivity contribution in [2.75, 3.05) is 0 Å². The number of unbranched alkanes of at least 4 members (excludes halogenated alkanes) is 9. The van der Waals surface area contributed by atoms with Crippen molar-refractivity contribution in [2.45, 2.75) is 90.7 Å². The van der Waals surface area contributed by atoms with Crippen LogP contribution < -0.4 is 9.67 Å². The molecule has 0 bridgehead atoms. The fourth-order valence-electron chi connectivity index (χ4n) is 2.42. The SMILES string of the molecule is CC(O)C(=O)[O-].CCCCCCCCCCCCn1cc[n+](C)c1. The average Bonchev–Trinajstić information content (AvgIpc) is 2.95. The van der Waals surface area contributed by atoms with Crippen LogP contribution in [0, 0.1) is 0 Å². The van der Waals surface area contributed by atoms with Crippen molar-refractivity contribution >= 4 is 5.97 Å².